The molecule has 0 unspecified atom stereocenters. The summed E-state index contributed by atoms with van der Waals surface area (Å²) in [6, 6.07) is 14.4. The molecular formula is C23H29N3O2. The molecule has 0 fully saturated rings. The number of amides is 1. The largest absolute Gasteiger partial charge is 0.493 e. The van der Waals surface area contributed by atoms with Crippen molar-refractivity contribution in [1.29, 1.82) is 0 Å². The molecule has 0 bridgehead atoms. The zero-order valence-electron chi connectivity index (χ0n) is 17.2. The first-order valence-corrected chi connectivity index (χ1v) is 9.81. The monoisotopic (exact) mass is 379 g/mol. The predicted molar refractivity (Wildman–Crippen MR) is 113 cm³/mol. The first-order chi connectivity index (χ1) is 13.5. The Morgan fingerprint density at radius 2 is 1.93 bits per heavy atom. The summed E-state index contributed by atoms with van der Waals surface area (Å²) in [5, 5.41) is 0. The third-order valence-electron chi connectivity index (χ3n) is 5.01. The molecule has 0 N–H and O–H groups in total. The van der Waals surface area contributed by atoms with Gasteiger partial charge in [-0.25, -0.2) is 4.98 Å². The Bertz CT molecular complexity index is 962. The second-order valence-electron chi connectivity index (χ2n) is 7.37. The maximum absolute atomic E-state index is 11.6. The van der Waals surface area contributed by atoms with Crippen LogP contribution in [0.2, 0.25) is 0 Å². The lowest BCUT2D eigenvalue weighted by molar-refractivity contribution is -0.128. The highest BCUT2D eigenvalue weighted by Gasteiger charge is 2.13. The van der Waals surface area contributed by atoms with Crippen molar-refractivity contribution in [2.75, 3.05) is 13.7 Å². The number of hydrogen-bond donors (Lipinski definition) is 0. The van der Waals surface area contributed by atoms with Crippen molar-refractivity contribution >= 4 is 16.9 Å². The van der Waals surface area contributed by atoms with Crippen LogP contribution in [0.5, 0.6) is 5.75 Å². The number of aryl methyl sites for hydroxylation is 3. The Morgan fingerprint density at radius 3 is 2.68 bits per heavy atom. The van der Waals surface area contributed by atoms with Crippen molar-refractivity contribution < 1.29 is 9.53 Å². The quantitative estimate of drug-likeness (QED) is 0.542. The van der Waals surface area contributed by atoms with Crippen LogP contribution < -0.4 is 4.74 Å². The van der Waals surface area contributed by atoms with E-state index in [2.05, 4.69) is 36.6 Å². The zero-order chi connectivity index (χ0) is 20.1. The number of aromatic nitrogens is 2. The molecule has 1 heterocycles. The van der Waals surface area contributed by atoms with Crippen molar-refractivity contribution in [3.8, 4) is 5.75 Å². The van der Waals surface area contributed by atoms with Gasteiger partial charge in [-0.15, -0.1) is 0 Å². The maximum atomic E-state index is 11.6. The number of carbonyl (C=O) groups excluding carboxylic acids is 1. The van der Waals surface area contributed by atoms with E-state index in [1.807, 2.05) is 31.3 Å². The third kappa shape index (κ3) is 4.71. The molecule has 0 aliphatic heterocycles. The zero-order valence-corrected chi connectivity index (χ0v) is 17.2. The number of ether oxygens (including phenoxy) is 1. The van der Waals surface area contributed by atoms with Crippen molar-refractivity contribution in [3.05, 3.63) is 59.4 Å². The number of para-hydroxylation sites is 2. The van der Waals surface area contributed by atoms with E-state index < -0.39 is 0 Å². The molecule has 5 nitrogen and oxygen atoms in total. The molecule has 0 saturated heterocycles. The normalized spacial score (nSPS) is 11.0. The molecule has 28 heavy (non-hydrogen) atoms. The molecule has 1 amide bonds. The fourth-order valence-electron chi connectivity index (χ4n) is 3.33. The molecule has 0 radical (unpaired) electrons. The van der Waals surface area contributed by atoms with Gasteiger partial charge in [0.1, 0.15) is 11.6 Å². The summed E-state index contributed by atoms with van der Waals surface area (Å²) >= 11 is 0. The highest BCUT2D eigenvalue weighted by Crippen LogP contribution is 2.20. The van der Waals surface area contributed by atoms with Gasteiger partial charge in [0.15, 0.2) is 0 Å². The van der Waals surface area contributed by atoms with Crippen LogP contribution in [-0.4, -0.2) is 34.0 Å². The lowest BCUT2D eigenvalue weighted by atomic mass is 10.1. The van der Waals surface area contributed by atoms with Crippen LogP contribution in [0.1, 0.15) is 36.7 Å². The minimum atomic E-state index is 0.0421. The average molecular weight is 380 g/mol. The first-order valence-electron chi connectivity index (χ1n) is 9.81. The summed E-state index contributed by atoms with van der Waals surface area (Å²) < 4.78 is 8.18. The van der Waals surface area contributed by atoms with Crippen LogP contribution in [0, 0.1) is 13.8 Å². The highest BCUT2D eigenvalue weighted by molar-refractivity contribution is 5.76. The van der Waals surface area contributed by atoms with Gasteiger partial charge in [0.2, 0.25) is 5.91 Å². The molecular weight excluding hydrogens is 350 g/mol. The second kappa shape index (κ2) is 8.91. The smallest absolute Gasteiger partial charge is 0.219 e. The fraction of sp³-hybridized carbons (Fsp3) is 0.391. The van der Waals surface area contributed by atoms with Crippen LogP contribution in [0.4, 0.5) is 0 Å². The Balaban J connectivity index is 1.62. The Morgan fingerprint density at radius 1 is 1.14 bits per heavy atom. The van der Waals surface area contributed by atoms with E-state index in [4.69, 9.17) is 9.72 Å². The van der Waals surface area contributed by atoms with Gasteiger partial charge in [-0.05, 0) is 50.5 Å². The number of rotatable bonds is 8. The van der Waals surface area contributed by atoms with Crippen molar-refractivity contribution in [3.63, 3.8) is 0 Å². The van der Waals surface area contributed by atoms with E-state index in [1.54, 1.807) is 11.8 Å². The second-order valence-corrected chi connectivity index (χ2v) is 7.37. The van der Waals surface area contributed by atoms with Gasteiger partial charge in [0.25, 0.3) is 0 Å². The van der Waals surface area contributed by atoms with Crippen molar-refractivity contribution in [2.24, 2.45) is 0 Å². The molecule has 0 aliphatic rings. The number of hydrogen-bond acceptors (Lipinski definition) is 3. The van der Waals surface area contributed by atoms with E-state index in [9.17, 15) is 4.79 Å². The van der Waals surface area contributed by atoms with E-state index in [-0.39, 0.29) is 5.91 Å². The Labute approximate surface area is 166 Å². The predicted octanol–water partition coefficient (Wildman–Crippen LogP) is 4.49. The number of unbranched alkanes of at least 4 members (excludes halogenated alkanes) is 1. The van der Waals surface area contributed by atoms with Crippen molar-refractivity contribution in [1.82, 2.24) is 14.5 Å². The molecule has 3 rings (SSSR count). The fourth-order valence-corrected chi connectivity index (χ4v) is 3.33. The minimum absolute atomic E-state index is 0.0421. The Hall–Kier alpha value is -2.82. The summed E-state index contributed by atoms with van der Waals surface area (Å²) in [6.07, 6.45) is 1.95. The molecule has 1 aromatic heterocycles. The summed E-state index contributed by atoms with van der Waals surface area (Å²) in [4.78, 5) is 18.1. The summed E-state index contributed by atoms with van der Waals surface area (Å²) in [7, 11) is 1.81. The standard InChI is InChI=1S/C23H29N3O2/c1-17-11-12-22(18(2)15-17)28-14-8-7-13-26-21-10-6-5-9-20(21)24-23(26)16-25(4)19(3)27/h5-6,9-12,15H,7-8,13-14,16H2,1-4H3. The van der Waals surface area contributed by atoms with Gasteiger partial charge in [0, 0.05) is 20.5 Å². The number of benzene rings is 2. The topological polar surface area (TPSA) is 47.4 Å². The van der Waals surface area contributed by atoms with Crippen molar-refractivity contribution in [2.45, 2.75) is 46.7 Å². The first kappa shape index (κ1) is 19.9. The van der Waals surface area contributed by atoms with Gasteiger partial charge in [0.05, 0.1) is 24.2 Å². The minimum Gasteiger partial charge on any atom is -0.493 e. The van der Waals surface area contributed by atoms with E-state index in [1.165, 1.54) is 11.1 Å². The summed E-state index contributed by atoms with van der Waals surface area (Å²) in [5.41, 5.74) is 4.51. The van der Waals surface area contributed by atoms with Gasteiger partial charge in [-0.3, -0.25) is 4.79 Å². The van der Waals surface area contributed by atoms with Crippen LogP contribution in [0.15, 0.2) is 42.5 Å². The van der Waals surface area contributed by atoms with Gasteiger partial charge in [-0.2, -0.15) is 0 Å². The summed E-state index contributed by atoms with van der Waals surface area (Å²) in [5.74, 6) is 1.93. The molecule has 0 spiro atoms. The number of nitrogens with zero attached hydrogens (tertiary/aromatic N) is 3. The van der Waals surface area contributed by atoms with Gasteiger partial charge >= 0.3 is 0 Å². The van der Waals surface area contributed by atoms with Crippen LogP contribution in [-0.2, 0) is 17.9 Å². The molecule has 2 aromatic carbocycles. The van der Waals surface area contributed by atoms with Gasteiger partial charge in [-0.1, -0.05) is 29.8 Å². The molecule has 0 atom stereocenters. The highest BCUT2D eigenvalue weighted by atomic mass is 16.5. The van der Waals surface area contributed by atoms with E-state index in [0.717, 1.165) is 42.0 Å². The molecule has 0 saturated carbocycles. The SMILES string of the molecule is CC(=O)N(C)Cc1nc2ccccc2n1CCCCOc1ccc(C)cc1C. The average Bonchev–Trinajstić information content (AvgIpc) is 3.00. The molecule has 0 aliphatic carbocycles. The number of carbonyl (C=O) groups is 1. The molecule has 5 heteroatoms. The number of imidazole rings is 1. The summed E-state index contributed by atoms with van der Waals surface area (Å²) in [6.45, 7) is 7.82. The van der Waals surface area contributed by atoms with Gasteiger partial charge < -0.3 is 14.2 Å². The molecule has 3 aromatic rings. The number of fused-ring (bicyclic) bond motifs is 1. The van der Waals surface area contributed by atoms with Crippen LogP contribution in [0.3, 0.4) is 0 Å². The van der Waals surface area contributed by atoms with E-state index >= 15 is 0 Å². The maximum Gasteiger partial charge on any atom is 0.219 e. The third-order valence-corrected chi connectivity index (χ3v) is 5.01. The lowest BCUT2D eigenvalue weighted by Gasteiger charge is -2.16. The molecule has 148 valence electrons. The van der Waals surface area contributed by atoms with E-state index in [0.29, 0.717) is 13.2 Å². The lowest BCUT2D eigenvalue weighted by Crippen LogP contribution is -2.25. The van der Waals surface area contributed by atoms with Crippen LogP contribution in [0.25, 0.3) is 11.0 Å². The Kier molecular flexibility index (Phi) is 6.34. The van der Waals surface area contributed by atoms with Crippen LogP contribution >= 0.6 is 0 Å².